The van der Waals surface area contributed by atoms with E-state index in [1.54, 1.807) is 37.4 Å². The number of phenolic OH excluding ortho intramolecular Hbond substituents is 1. The molecule has 0 saturated carbocycles. The van der Waals surface area contributed by atoms with Crippen LogP contribution in [0.4, 0.5) is 5.69 Å². The molecule has 9 heteroatoms. The maximum Gasteiger partial charge on any atom is 0.255 e. The first kappa shape index (κ1) is 20.0. The van der Waals surface area contributed by atoms with Crippen LogP contribution < -0.4 is 10.1 Å². The number of benzene rings is 2. The monoisotopic (exact) mass is 443 g/mol. The molecule has 2 aromatic heterocycles. The number of rotatable bonds is 4. The number of oxazole rings is 1. The van der Waals surface area contributed by atoms with Crippen molar-refractivity contribution in [2.75, 3.05) is 12.4 Å². The maximum atomic E-state index is 12.7. The molecular formula is C21H15Cl2N3O4. The highest BCUT2D eigenvalue weighted by atomic mass is 35.5. The van der Waals surface area contributed by atoms with E-state index < -0.39 is 5.91 Å². The van der Waals surface area contributed by atoms with Crippen molar-refractivity contribution in [3.8, 4) is 23.0 Å². The number of nitrogens with zero attached hydrogens (tertiary/aromatic N) is 2. The number of aryl methyl sites for hydroxylation is 1. The summed E-state index contributed by atoms with van der Waals surface area (Å²) in [5.41, 5.74) is 2.45. The van der Waals surface area contributed by atoms with Crippen molar-refractivity contribution in [2.45, 2.75) is 6.92 Å². The SMILES string of the molecule is COc1c(Cl)cc(C(=O)Nc2cc(C)c(O)c(-c3nc4ncccc4o3)c2)cc1Cl. The lowest BCUT2D eigenvalue weighted by Crippen LogP contribution is -2.12. The van der Waals surface area contributed by atoms with E-state index >= 15 is 0 Å². The highest BCUT2D eigenvalue weighted by molar-refractivity contribution is 6.37. The predicted octanol–water partition coefficient (Wildman–Crippen LogP) is 5.47. The van der Waals surface area contributed by atoms with Gasteiger partial charge in [-0.15, -0.1) is 0 Å². The van der Waals surface area contributed by atoms with E-state index in [0.717, 1.165) is 0 Å². The minimum absolute atomic E-state index is 0.00454. The molecule has 0 saturated heterocycles. The van der Waals surface area contributed by atoms with Crippen LogP contribution in [0.15, 0.2) is 47.0 Å². The van der Waals surface area contributed by atoms with E-state index in [0.29, 0.717) is 33.8 Å². The zero-order chi connectivity index (χ0) is 21.4. The molecule has 0 fully saturated rings. The minimum atomic E-state index is -0.434. The van der Waals surface area contributed by atoms with Crippen molar-refractivity contribution in [1.82, 2.24) is 9.97 Å². The number of halogens is 2. The number of anilines is 1. The van der Waals surface area contributed by atoms with Gasteiger partial charge < -0.3 is 19.6 Å². The first-order valence-electron chi connectivity index (χ1n) is 8.77. The number of amides is 1. The van der Waals surface area contributed by atoms with Gasteiger partial charge in [0.1, 0.15) is 5.75 Å². The summed E-state index contributed by atoms with van der Waals surface area (Å²) in [6.45, 7) is 1.70. The highest BCUT2D eigenvalue weighted by Crippen LogP contribution is 2.37. The first-order chi connectivity index (χ1) is 14.4. The van der Waals surface area contributed by atoms with Crippen LogP contribution in [0.3, 0.4) is 0 Å². The fourth-order valence-corrected chi connectivity index (χ4v) is 3.63. The second-order valence-corrected chi connectivity index (χ2v) is 7.28. The largest absolute Gasteiger partial charge is 0.507 e. The molecule has 0 aliphatic heterocycles. The van der Waals surface area contributed by atoms with Gasteiger partial charge in [-0.2, -0.15) is 4.98 Å². The smallest absolute Gasteiger partial charge is 0.255 e. The molecule has 0 aliphatic carbocycles. The van der Waals surface area contributed by atoms with Crippen LogP contribution in [-0.2, 0) is 0 Å². The fourth-order valence-electron chi connectivity index (χ4n) is 2.99. The lowest BCUT2D eigenvalue weighted by Gasteiger charge is -2.12. The van der Waals surface area contributed by atoms with Gasteiger partial charge in [0, 0.05) is 17.4 Å². The Kier molecular flexibility index (Phi) is 5.24. The molecule has 2 heterocycles. The standard InChI is InChI=1S/C21H15Cl2N3O4/c1-10-6-12(25-20(28)11-7-14(22)18(29-2)15(23)8-11)9-13(17(10)27)21-26-19-16(30-21)4-3-5-24-19/h3-9,27H,1-2H3,(H,25,28). The van der Waals surface area contributed by atoms with Crippen molar-refractivity contribution in [1.29, 1.82) is 0 Å². The van der Waals surface area contributed by atoms with Crippen LogP contribution in [0.25, 0.3) is 22.7 Å². The number of carbonyl (C=O) groups is 1. The second kappa shape index (κ2) is 7.85. The number of carbonyl (C=O) groups excluding carboxylic acids is 1. The number of nitrogens with one attached hydrogen (secondary N) is 1. The van der Waals surface area contributed by atoms with Gasteiger partial charge in [-0.05, 0) is 48.9 Å². The molecule has 0 unspecified atom stereocenters. The van der Waals surface area contributed by atoms with E-state index in [4.69, 9.17) is 32.4 Å². The molecule has 152 valence electrons. The Morgan fingerprint density at radius 2 is 1.93 bits per heavy atom. The number of pyridine rings is 1. The molecule has 30 heavy (non-hydrogen) atoms. The van der Waals surface area contributed by atoms with E-state index in [1.165, 1.54) is 19.2 Å². The van der Waals surface area contributed by atoms with Gasteiger partial charge in [-0.25, -0.2) is 4.98 Å². The number of hydrogen-bond donors (Lipinski definition) is 2. The summed E-state index contributed by atoms with van der Waals surface area (Å²) in [6, 6.07) is 9.57. The van der Waals surface area contributed by atoms with Crippen LogP contribution in [0.5, 0.6) is 11.5 Å². The van der Waals surface area contributed by atoms with E-state index in [9.17, 15) is 9.90 Å². The van der Waals surface area contributed by atoms with E-state index in [2.05, 4.69) is 15.3 Å². The summed E-state index contributed by atoms with van der Waals surface area (Å²) >= 11 is 12.2. The maximum absolute atomic E-state index is 12.7. The molecule has 0 bridgehead atoms. The summed E-state index contributed by atoms with van der Waals surface area (Å²) in [4.78, 5) is 21.2. The summed E-state index contributed by atoms with van der Waals surface area (Å²) in [5.74, 6) is 0.0463. The van der Waals surface area contributed by atoms with Crippen molar-refractivity contribution in [3.05, 3.63) is 63.8 Å². The number of aromatic nitrogens is 2. The molecule has 0 spiro atoms. The predicted molar refractivity (Wildman–Crippen MR) is 115 cm³/mol. The van der Waals surface area contributed by atoms with Gasteiger partial charge in [-0.3, -0.25) is 4.79 Å². The Hall–Kier alpha value is -3.29. The lowest BCUT2D eigenvalue weighted by atomic mass is 10.1. The number of ether oxygens (including phenoxy) is 1. The van der Waals surface area contributed by atoms with Gasteiger partial charge in [0.05, 0.1) is 22.7 Å². The molecular weight excluding hydrogens is 429 g/mol. The van der Waals surface area contributed by atoms with Crippen LogP contribution >= 0.6 is 23.2 Å². The van der Waals surface area contributed by atoms with Gasteiger partial charge in [-0.1, -0.05) is 23.2 Å². The van der Waals surface area contributed by atoms with Crippen molar-refractivity contribution in [2.24, 2.45) is 0 Å². The van der Waals surface area contributed by atoms with E-state index in [-0.39, 0.29) is 27.2 Å². The van der Waals surface area contributed by atoms with Crippen molar-refractivity contribution < 1.29 is 19.1 Å². The zero-order valence-corrected chi connectivity index (χ0v) is 17.4. The Morgan fingerprint density at radius 3 is 2.60 bits per heavy atom. The summed E-state index contributed by atoms with van der Waals surface area (Å²) < 4.78 is 10.8. The number of aromatic hydroxyl groups is 1. The average molecular weight is 444 g/mol. The third kappa shape index (κ3) is 3.65. The fraction of sp³-hybridized carbons (Fsp3) is 0.0952. The zero-order valence-electron chi connectivity index (χ0n) is 15.9. The van der Waals surface area contributed by atoms with Crippen LogP contribution in [0.2, 0.25) is 10.0 Å². The van der Waals surface area contributed by atoms with E-state index in [1.807, 2.05) is 0 Å². The average Bonchev–Trinajstić information content (AvgIpc) is 3.14. The molecule has 4 rings (SSSR count). The molecule has 2 aromatic carbocycles. The second-order valence-electron chi connectivity index (χ2n) is 6.46. The van der Waals surface area contributed by atoms with Gasteiger partial charge in [0.2, 0.25) is 5.89 Å². The molecule has 0 aliphatic rings. The van der Waals surface area contributed by atoms with Crippen molar-refractivity contribution in [3.63, 3.8) is 0 Å². The molecule has 2 N–H and O–H groups in total. The van der Waals surface area contributed by atoms with Gasteiger partial charge in [0.15, 0.2) is 17.0 Å². The minimum Gasteiger partial charge on any atom is -0.507 e. The normalized spacial score (nSPS) is 10.9. The third-order valence-electron chi connectivity index (χ3n) is 4.42. The molecule has 0 radical (unpaired) electrons. The summed E-state index contributed by atoms with van der Waals surface area (Å²) in [6.07, 6.45) is 1.60. The Balaban J connectivity index is 1.69. The quantitative estimate of drug-likeness (QED) is 0.405. The highest BCUT2D eigenvalue weighted by Gasteiger charge is 2.18. The Bertz CT molecular complexity index is 1230. The van der Waals surface area contributed by atoms with Gasteiger partial charge >= 0.3 is 0 Å². The number of hydrogen-bond acceptors (Lipinski definition) is 6. The number of methoxy groups -OCH3 is 1. The topological polar surface area (TPSA) is 97.5 Å². The van der Waals surface area contributed by atoms with Crippen molar-refractivity contribution >= 4 is 46.0 Å². The summed E-state index contributed by atoms with van der Waals surface area (Å²) in [7, 11) is 1.44. The molecule has 1 amide bonds. The molecule has 4 aromatic rings. The number of phenols is 1. The Labute approximate surface area is 181 Å². The lowest BCUT2D eigenvalue weighted by molar-refractivity contribution is 0.102. The third-order valence-corrected chi connectivity index (χ3v) is 4.98. The number of fused-ring (bicyclic) bond motifs is 1. The molecule has 7 nitrogen and oxygen atoms in total. The first-order valence-corrected chi connectivity index (χ1v) is 9.53. The Morgan fingerprint density at radius 1 is 1.20 bits per heavy atom. The van der Waals surface area contributed by atoms with Crippen LogP contribution in [0.1, 0.15) is 15.9 Å². The van der Waals surface area contributed by atoms with Crippen LogP contribution in [-0.4, -0.2) is 28.1 Å². The molecule has 0 atom stereocenters. The summed E-state index contributed by atoms with van der Waals surface area (Å²) in [5, 5.41) is 13.7. The van der Waals surface area contributed by atoms with Gasteiger partial charge in [0.25, 0.3) is 5.91 Å². The van der Waals surface area contributed by atoms with Crippen LogP contribution in [0, 0.1) is 6.92 Å².